The van der Waals surface area contributed by atoms with Crippen molar-refractivity contribution in [2.75, 3.05) is 31.6 Å². The minimum atomic E-state index is -3.89. The fourth-order valence-corrected chi connectivity index (χ4v) is 4.13. The monoisotopic (exact) mass is 343 g/mol. The number of ether oxygens (including phenoxy) is 1. The van der Waals surface area contributed by atoms with Gasteiger partial charge in [0, 0.05) is 19.7 Å². The lowest BCUT2D eigenvalue weighted by Crippen LogP contribution is -2.47. The van der Waals surface area contributed by atoms with E-state index in [4.69, 9.17) is 9.94 Å². The van der Waals surface area contributed by atoms with Crippen molar-refractivity contribution in [1.29, 1.82) is 0 Å². The number of amides is 1. The number of hydroxylamine groups is 1. The fourth-order valence-electron chi connectivity index (χ4n) is 2.51. The molecule has 0 aliphatic carbocycles. The van der Waals surface area contributed by atoms with Crippen molar-refractivity contribution < 1.29 is 23.2 Å². The summed E-state index contributed by atoms with van der Waals surface area (Å²) in [6, 6.07) is 3.61. The van der Waals surface area contributed by atoms with Crippen LogP contribution in [0, 0.1) is 0 Å². The largest absolute Gasteiger partial charge is 0.490 e. The normalized spacial score (nSPS) is 15.8. The number of fused-ring (bicyclic) bond motifs is 1. The third-order valence-corrected chi connectivity index (χ3v) is 5.91. The number of benzene rings is 1. The molecule has 0 aromatic heterocycles. The quantitative estimate of drug-likeness (QED) is 0.594. The molecule has 9 heteroatoms. The van der Waals surface area contributed by atoms with Gasteiger partial charge in [0.05, 0.1) is 17.1 Å². The molecule has 0 bridgehead atoms. The van der Waals surface area contributed by atoms with Gasteiger partial charge in [-0.15, -0.1) is 0 Å². The number of carbonyl (C=O) groups is 1. The Hall–Kier alpha value is -1.84. The van der Waals surface area contributed by atoms with E-state index in [0.717, 1.165) is 16.5 Å². The molecule has 2 rings (SSSR count). The summed E-state index contributed by atoms with van der Waals surface area (Å²) in [6.45, 7) is 4.34. The van der Waals surface area contributed by atoms with Gasteiger partial charge in [-0.1, -0.05) is 6.92 Å². The van der Waals surface area contributed by atoms with E-state index in [-0.39, 0.29) is 11.4 Å². The molecule has 0 saturated heterocycles. The first-order chi connectivity index (χ1) is 10.8. The lowest BCUT2D eigenvalue weighted by atomic mass is 10.2. The number of anilines is 1. The Morgan fingerprint density at radius 2 is 2.22 bits per heavy atom. The van der Waals surface area contributed by atoms with Crippen molar-refractivity contribution in [2.45, 2.75) is 24.8 Å². The Kier molecular flexibility index (Phi) is 5.12. The van der Waals surface area contributed by atoms with Crippen molar-refractivity contribution in [1.82, 2.24) is 9.79 Å². The molecule has 1 aliphatic rings. The summed E-state index contributed by atoms with van der Waals surface area (Å²) in [6.07, 6.45) is 0. The van der Waals surface area contributed by atoms with E-state index >= 15 is 0 Å². The molecule has 8 nitrogen and oxygen atoms in total. The van der Waals surface area contributed by atoms with Crippen LogP contribution in [0.5, 0.6) is 5.75 Å². The van der Waals surface area contributed by atoms with Gasteiger partial charge in [-0.3, -0.25) is 10.0 Å². The van der Waals surface area contributed by atoms with Crippen molar-refractivity contribution >= 4 is 21.6 Å². The molecular weight excluding hydrogens is 322 g/mol. The van der Waals surface area contributed by atoms with Crippen LogP contribution in [0.2, 0.25) is 0 Å². The maximum absolute atomic E-state index is 12.8. The number of hydrogen-bond donors (Lipinski definition) is 2. The lowest BCUT2D eigenvalue weighted by molar-refractivity contribution is -0.132. The Bertz CT molecular complexity index is 692. The number of sulfonamides is 1. The van der Waals surface area contributed by atoms with E-state index in [1.54, 1.807) is 13.0 Å². The molecular formula is C14H21N3O5S. The Morgan fingerprint density at radius 3 is 2.83 bits per heavy atom. The fraction of sp³-hybridized carbons (Fsp3) is 0.500. The number of rotatable bonds is 5. The summed E-state index contributed by atoms with van der Waals surface area (Å²) >= 11 is 0. The first kappa shape index (κ1) is 17.5. The van der Waals surface area contributed by atoms with E-state index in [0.29, 0.717) is 12.4 Å². The van der Waals surface area contributed by atoms with Crippen LogP contribution in [0.25, 0.3) is 0 Å². The Morgan fingerprint density at radius 1 is 1.52 bits per heavy atom. The summed E-state index contributed by atoms with van der Waals surface area (Å²) < 4.78 is 32.1. The van der Waals surface area contributed by atoms with Crippen LogP contribution in [0.4, 0.5) is 5.69 Å². The standard InChI is InChI=1S/C14H21N3O5S/c1-4-17(10(2)14(18)15-19)23(20,21)11-5-6-12-13(9-11)22-8-7-16(12)3/h5-6,9-10,19H,4,7-8H2,1-3H3,(H,15,18)/t10-/m1/s1. The molecule has 1 aromatic rings. The van der Waals surface area contributed by atoms with Crippen LogP contribution in [0.15, 0.2) is 23.1 Å². The van der Waals surface area contributed by atoms with E-state index in [1.807, 2.05) is 11.9 Å². The van der Waals surface area contributed by atoms with Crippen LogP contribution in [0.1, 0.15) is 13.8 Å². The van der Waals surface area contributed by atoms with Crippen molar-refractivity contribution in [3.05, 3.63) is 18.2 Å². The summed E-state index contributed by atoms with van der Waals surface area (Å²) in [4.78, 5) is 13.6. The van der Waals surface area contributed by atoms with Crippen LogP contribution in [-0.2, 0) is 14.8 Å². The van der Waals surface area contributed by atoms with Gasteiger partial charge in [0.15, 0.2) is 0 Å². The predicted molar refractivity (Wildman–Crippen MR) is 84.2 cm³/mol. The molecule has 0 fully saturated rings. The highest BCUT2D eigenvalue weighted by Gasteiger charge is 2.32. The first-order valence-corrected chi connectivity index (χ1v) is 8.70. The molecule has 1 aromatic carbocycles. The molecule has 1 atom stereocenters. The van der Waals surface area contributed by atoms with Crippen LogP contribution < -0.4 is 15.1 Å². The molecule has 23 heavy (non-hydrogen) atoms. The predicted octanol–water partition coefficient (Wildman–Crippen LogP) is 0.420. The maximum atomic E-state index is 12.8. The zero-order valence-electron chi connectivity index (χ0n) is 13.3. The highest BCUT2D eigenvalue weighted by atomic mass is 32.2. The molecule has 0 unspecified atom stereocenters. The van der Waals surface area contributed by atoms with Gasteiger partial charge in [-0.05, 0) is 19.1 Å². The molecule has 1 amide bonds. The van der Waals surface area contributed by atoms with Crippen molar-refractivity contribution in [3.8, 4) is 5.75 Å². The average molecular weight is 343 g/mol. The summed E-state index contributed by atoms with van der Waals surface area (Å²) in [5.41, 5.74) is 2.30. The molecule has 1 heterocycles. The molecule has 0 radical (unpaired) electrons. The number of likely N-dealkylation sites (N-methyl/N-ethyl adjacent to an activating group) is 2. The van der Waals surface area contributed by atoms with Crippen LogP contribution in [-0.4, -0.2) is 56.6 Å². The van der Waals surface area contributed by atoms with Crippen molar-refractivity contribution in [3.63, 3.8) is 0 Å². The first-order valence-electron chi connectivity index (χ1n) is 7.26. The second kappa shape index (κ2) is 6.73. The average Bonchev–Trinajstić information content (AvgIpc) is 2.54. The maximum Gasteiger partial charge on any atom is 0.261 e. The van der Waals surface area contributed by atoms with Gasteiger partial charge in [0.2, 0.25) is 10.0 Å². The SMILES string of the molecule is CCN([C@H](C)C(=O)NO)S(=O)(=O)c1ccc2c(c1)OCCN2C. The number of hydrogen-bond acceptors (Lipinski definition) is 6. The third-order valence-electron chi connectivity index (χ3n) is 3.87. The zero-order valence-corrected chi connectivity index (χ0v) is 14.1. The van der Waals surface area contributed by atoms with Gasteiger partial charge in [0.25, 0.3) is 5.91 Å². The second-order valence-electron chi connectivity index (χ2n) is 5.26. The Labute approximate surface area is 135 Å². The second-order valence-corrected chi connectivity index (χ2v) is 7.15. The molecule has 128 valence electrons. The molecule has 0 saturated carbocycles. The van der Waals surface area contributed by atoms with Gasteiger partial charge in [-0.25, -0.2) is 13.9 Å². The number of nitrogens with zero attached hydrogens (tertiary/aromatic N) is 2. The van der Waals surface area contributed by atoms with Gasteiger partial charge in [-0.2, -0.15) is 4.31 Å². The Balaban J connectivity index is 2.40. The summed E-state index contributed by atoms with van der Waals surface area (Å²) in [7, 11) is -1.99. The highest BCUT2D eigenvalue weighted by Crippen LogP contribution is 2.33. The number of carbonyl (C=O) groups excluding carboxylic acids is 1. The van der Waals surface area contributed by atoms with Gasteiger partial charge >= 0.3 is 0 Å². The minimum Gasteiger partial charge on any atom is -0.490 e. The van der Waals surface area contributed by atoms with Crippen LogP contribution in [0.3, 0.4) is 0 Å². The minimum absolute atomic E-state index is 0.0472. The van der Waals surface area contributed by atoms with Crippen molar-refractivity contribution in [2.24, 2.45) is 0 Å². The van der Waals surface area contributed by atoms with Gasteiger partial charge < -0.3 is 9.64 Å². The van der Waals surface area contributed by atoms with E-state index in [9.17, 15) is 13.2 Å². The summed E-state index contributed by atoms with van der Waals surface area (Å²) in [5.74, 6) is -0.292. The highest BCUT2D eigenvalue weighted by molar-refractivity contribution is 7.89. The summed E-state index contributed by atoms with van der Waals surface area (Å²) in [5, 5.41) is 8.73. The topological polar surface area (TPSA) is 99.2 Å². The van der Waals surface area contributed by atoms with E-state index < -0.39 is 22.0 Å². The lowest BCUT2D eigenvalue weighted by Gasteiger charge is -2.29. The van der Waals surface area contributed by atoms with Crippen LogP contribution >= 0.6 is 0 Å². The smallest absolute Gasteiger partial charge is 0.261 e. The third kappa shape index (κ3) is 3.26. The molecule has 1 aliphatic heterocycles. The van der Waals surface area contributed by atoms with E-state index in [1.165, 1.54) is 24.5 Å². The van der Waals surface area contributed by atoms with E-state index in [2.05, 4.69) is 0 Å². The van der Waals surface area contributed by atoms with Gasteiger partial charge in [0.1, 0.15) is 18.4 Å². The molecule has 0 spiro atoms. The molecule has 2 N–H and O–H groups in total. The zero-order chi connectivity index (χ0) is 17.2. The number of nitrogens with one attached hydrogen (secondary N) is 1.